The minimum absolute atomic E-state index is 0.135. The van der Waals surface area contributed by atoms with Gasteiger partial charge < -0.3 is 10.0 Å². The number of carbonyl (C=O) groups is 2. The van der Waals surface area contributed by atoms with Gasteiger partial charge in [0.15, 0.2) is 5.78 Å². The predicted octanol–water partition coefficient (Wildman–Crippen LogP) is 2.90. The zero-order valence-corrected chi connectivity index (χ0v) is 13.5. The van der Waals surface area contributed by atoms with Crippen molar-refractivity contribution in [3.63, 3.8) is 0 Å². The molecule has 0 saturated carbocycles. The summed E-state index contributed by atoms with van der Waals surface area (Å²) in [5.41, 5.74) is 1.44. The highest BCUT2D eigenvalue weighted by atomic mass is 16.3. The molecule has 4 nitrogen and oxygen atoms in total. The molecule has 3 rings (SSSR count). The van der Waals surface area contributed by atoms with E-state index in [1.165, 1.54) is 0 Å². The maximum atomic E-state index is 12.9. The van der Waals surface area contributed by atoms with Crippen LogP contribution in [0, 0.1) is 0 Å². The van der Waals surface area contributed by atoms with Crippen LogP contribution in [-0.2, 0) is 0 Å². The SMILES string of the molecule is O=C(c1ccccc1)c1ccccc1C(=O)N1CCCC(O)CC1. The molecule has 0 spiro atoms. The van der Waals surface area contributed by atoms with Gasteiger partial charge in [-0.2, -0.15) is 0 Å². The minimum atomic E-state index is -0.344. The molecule has 4 heteroatoms. The van der Waals surface area contributed by atoms with Crippen LogP contribution < -0.4 is 0 Å². The Kier molecular flexibility index (Phi) is 5.06. The van der Waals surface area contributed by atoms with Gasteiger partial charge in [-0.3, -0.25) is 9.59 Å². The van der Waals surface area contributed by atoms with Crippen molar-refractivity contribution in [3.05, 3.63) is 71.3 Å². The van der Waals surface area contributed by atoms with Gasteiger partial charge in [0, 0.05) is 24.2 Å². The molecule has 2 aromatic carbocycles. The van der Waals surface area contributed by atoms with Crippen LogP contribution >= 0.6 is 0 Å². The number of nitrogens with zero attached hydrogens (tertiary/aromatic N) is 1. The van der Waals surface area contributed by atoms with E-state index in [9.17, 15) is 14.7 Å². The van der Waals surface area contributed by atoms with E-state index in [0.717, 1.165) is 6.42 Å². The van der Waals surface area contributed by atoms with E-state index in [1.807, 2.05) is 18.2 Å². The Bertz CT molecular complexity index is 727. The Morgan fingerprint density at radius 2 is 1.54 bits per heavy atom. The van der Waals surface area contributed by atoms with E-state index in [1.54, 1.807) is 41.3 Å². The molecule has 1 amide bonds. The summed E-state index contributed by atoms with van der Waals surface area (Å²) in [6.07, 6.45) is 1.74. The summed E-state index contributed by atoms with van der Waals surface area (Å²) in [5.74, 6) is -0.279. The average molecular weight is 323 g/mol. The molecule has 124 valence electrons. The van der Waals surface area contributed by atoms with Crippen LogP contribution in [0.25, 0.3) is 0 Å². The summed E-state index contributed by atoms with van der Waals surface area (Å²) in [7, 11) is 0. The second-order valence-corrected chi connectivity index (χ2v) is 6.12. The number of hydrogen-bond acceptors (Lipinski definition) is 3. The smallest absolute Gasteiger partial charge is 0.254 e. The van der Waals surface area contributed by atoms with Crippen LogP contribution in [0.5, 0.6) is 0 Å². The molecule has 1 atom stereocenters. The quantitative estimate of drug-likeness (QED) is 0.884. The summed E-state index contributed by atoms with van der Waals surface area (Å²) < 4.78 is 0. The van der Waals surface area contributed by atoms with Gasteiger partial charge >= 0.3 is 0 Å². The third-order valence-electron chi connectivity index (χ3n) is 4.42. The summed E-state index contributed by atoms with van der Waals surface area (Å²) in [4.78, 5) is 27.4. The highest BCUT2D eigenvalue weighted by molar-refractivity contribution is 6.15. The van der Waals surface area contributed by atoms with Crippen molar-refractivity contribution in [3.8, 4) is 0 Å². The number of carbonyl (C=O) groups excluding carboxylic acids is 2. The molecular weight excluding hydrogens is 302 g/mol. The molecule has 1 heterocycles. The standard InChI is InChI=1S/C20H21NO3/c22-16-9-6-13-21(14-12-16)20(24)18-11-5-4-10-17(18)19(23)15-7-2-1-3-8-15/h1-5,7-8,10-11,16,22H,6,9,12-14H2. The lowest BCUT2D eigenvalue weighted by Crippen LogP contribution is -2.33. The molecule has 0 radical (unpaired) electrons. The Labute approximate surface area is 141 Å². The summed E-state index contributed by atoms with van der Waals surface area (Å²) in [5, 5.41) is 9.76. The van der Waals surface area contributed by atoms with Gasteiger partial charge in [0.05, 0.1) is 11.7 Å². The Morgan fingerprint density at radius 1 is 0.875 bits per heavy atom. The lowest BCUT2D eigenvalue weighted by atomic mass is 9.97. The fourth-order valence-electron chi connectivity index (χ4n) is 3.06. The molecular formula is C20H21NO3. The lowest BCUT2D eigenvalue weighted by molar-refractivity contribution is 0.0749. The Morgan fingerprint density at radius 3 is 2.29 bits per heavy atom. The number of likely N-dealkylation sites (tertiary alicyclic amines) is 1. The molecule has 0 aliphatic carbocycles. The maximum Gasteiger partial charge on any atom is 0.254 e. The van der Waals surface area contributed by atoms with Crippen LogP contribution in [0.2, 0.25) is 0 Å². The molecule has 24 heavy (non-hydrogen) atoms. The molecule has 2 aromatic rings. The number of aliphatic hydroxyl groups excluding tert-OH is 1. The summed E-state index contributed by atoms with van der Waals surface area (Å²) in [6, 6.07) is 16.0. The summed E-state index contributed by atoms with van der Waals surface area (Å²) >= 11 is 0. The van der Waals surface area contributed by atoms with Crippen LogP contribution in [0.3, 0.4) is 0 Å². The van der Waals surface area contributed by atoms with E-state index >= 15 is 0 Å². The monoisotopic (exact) mass is 323 g/mol. The predicted molar refractivity (Wildman–Crippen MR) is 92.1 cm³/mol. The topological polar surface area (TPSA) is 57.6 Å². The maximum absolute atomic E-state index is 12.9. The number of benzene rings is 2. The summed E-state index contributed by atoms with van der Waals surface area (Å²) in [6.45, 7) is 1.14. The second kappa shape index (κ2) is 7.41. The first-order valence-electron chi connectivity index (χ1n) is 8.33. The molecule has 1 saturated heterocycles. The van der Waals surface area contributed by atoms with Gasteiger partial charge in [0.25, 0.3) is 5.91 Å². The van der Waals surface area contributed by atoms with Gasteiger partial charge in [-0.15, -0.1) is 0 Å². The van der Waals surface area contributed by atoms with Crippen molar-refractivity contribution in [1.29, 1.82) is 0 Å². The van der Waals surface area contributed by atoms with E-state index in [4.69, 9.17) is 0 Å². The van der Waals surface area contributed by atoms with Crippen LogP contribution in [0.15, 0.2) is 54.6 Å². The first-order valence-corrected chi connectivity index (χ1v) is 8.33. The Balaban J connectivity index is 1.89. The van der Waals surface area contributed by atoms with E-state index in [-0.39, 0.29) is 17.8 Å². The molecule has 1 N–H and O–H groups in total. The molecule has 1 aliphatic rings. The van der Waals surface area contributed by atoms with Crippen molar-refractivity contribution < 1.29 is 14.7 Å². The molecule has 1 unspecified atom stereocenters. The number of rotatable bonds is 3. The number of aliphatic hydroxyl groups is 1. The first-order chi connectivity index (χ1) is 11.7. The zero-order valence-electron chi connectivity index (χ0n) is 13.5. The van der Waals surface area contributed by atoms with Gasteiger partial charge in [0.1, 0.15) is 0 Å². The molecule has 1 fully saturated rings. The van der Waals surface area contributed by atoms with Crippen molar-refractivity contribution in [2.45, 2.75) is 25.4 Å². The van der Waals surface area contributed by atoms with Crippen LogP contribution in [0.1, 0.15) is 45.5 Å². The van der Waals surface area contributed by atoms with Gasteiger partial charge in [0.2, 0.25) is 0 Å². The molecule has 1 aliphatic heterocycles. The van der Waals surface area contributed by atoms with Crippen molar-refractivity contribution >= 4 is 11.7 Å². The zero-order chi connectivity index (χ0) is 16.9. The number of amides is 1. The average Bonchev–Trinajstić information content (AvgIpc) is 2.86. The van der Waals surface area contributed by atoms with Crippen molar-refractivity contribution in [1.82, 2.24) is 4.90 Å². The van der Waals surface area contributed by atoms with Gasteiger partial charge in [-0.1, -0.05) is 48.5 Å². The minimum Gasteiger partial charge on any atom is -0.393 e. The van der Waals surface area contributed by atoms with Crippen molar-refractivity contribution in [2.24, 2.45) is 0 Å². The van der Waals surface area contributed by atoms with Crippen LogP contribution in [-0.4, -0.2) is 40.9 Å². The largest absolute Gasteiger partial charge is 0.393 e. The molecule has 0 aromatic heterocycles. The highest BCUT2D eigenvalue weighted by Gasteiger charge is 2.24. The third-order valence-corrected chi connectivity index (χ3v) is 4.42. The fourth-order valence-corrected chi connectivity index (χ4v) is 3.06. The van der Waals surface area contributed by atoms with E-state index in [0.29, 0.717) is 42.6 Å². The van der Waals surface area contributed by atoms with Crippen LogP contribution in [0.4, 0.5) is 0 Å². The first kappa shape index (κ1) is 16.4. The molecule has 0 bridgehead atoms. The van der Waals surface area contributed by atoms with Gasteiger partial charge in [-0.05, 0) is 25.3 Å². The number of hydrogen-bond donors (Lipinski definition) is 1. The lowest BCUT2D eigenvalue weighted by Gasteiger charge is -2.21. The van der Waals surface area contributed by atoms with E-state index < -0.39 is 0 Å². The number of ketones is 1. The second-order valence-electron chi connectivity index (χ2n) is 6.12. The third kappa shape index (κ3) is 3.54. The Hall–Kier alpha value is -2.46. The van der Waals surface area contributed by atoms with Gasteiger partial charge in [-0.25, -0.2) is 0 Å². The van der Waals surface area contributed by atoms with Crippen molar-refractivity contribution in [2.75, 3.05) is 13.1 Å². The normalized spacial score (nSPS) is 18.0. The fraction of sp³-hybridized carbons (Fsp3) is 0.300. The highest BCUT2D eigenvalue weighted by Crippen LogP contribution is 2.19. The van der Waals surface area contributed by atoms with E-state index in [2.05, 4.69) is 0 Å².